The smallest absolute Gasteiger partial charge is 0.0406 e. The van der Waals surface area contributed by atoms with Crippen LogP contribution in [0.3, 0.4) is 0 Å². The van der Waals surface area contributed by atoms with E-state index < -0.39 is 0 Å². The van der Waals surface area contributed by atoms with Gasteiger partial charge in [-0.3, -0.25) is 0 Å². The molecule has 3 heteroatoms. The molecule has 1 aromatic carbocycles. The van der Waals surface area contributed by atoms with Gasteiger partial charge in [-0.15, -0.1) is 11.8 Å². The van der Waals surface area contributed by atoms with Crippen LogP contribution in [-0.4, -0.2) is 18.3 Å². The summed E-state index contributed by atoms with van der Waals surface area (Å²) in [7, 11) is 0. The van der Waals surface area contributed by atoms with Crippen LogP contribution in [0.2, 0.25) is 5.02 Å². The van der Waals surface area contributed by atoms with Crippen molar-refractivity contribution in [3.05, 3.63) is 29.3 Å². The standard InChI is InChI=1S/C15H24ClNS/c1-4-10-17-15(12(3)5-2)11-18-14-8-6-13(16)7-9-14/h6-9,12,15,17H,4-5,10-11H2,1-3H3. The van der Waals surface area contributed by atoms with Crippen molar-refractivity contribution in [2.24, 2.45) is 5.92 Å². The molecule has 0 saturated carbocycles. The van der Waals surface area contributed by atoms with Crippen LogP contribution >= 0.6 is 23.4 Å². The van der Waals surface area contributed by atoms with Gasteiger partial charge in [-0.2, -0.15) is 0 Å². The first kappa shape index (κ1) is 15.9. The summed E-state index contributed by atoms with van der Waals surface area (Å²) in [5.74, 6) is 1.84. The highest BCUT2D eigenvalue weighted by Crippen LogP contribution is 2.23. The van der Waals surface area contributed by atoms with Gasteiger partial charge in [0, 0.05) is 21.7 Å². The summed E-state index contributed by atoms with van der Waals surface area (Å²) in [4.78, 5) is 1.30. The Bertz CT molecular complexity index is 326. The summed E-state index contributed by atoms with van der Waals surface area (Å²) < 4.78 is 0. The van der Waals surface area contributed by atoms with Crippen molar-refractivity contribution in [3.63, 3.8) is 0 Å². The van der Waals surface area contributed by atoms with Crippen molar-refractivity contribution < 1.29 is 0 Å². The molecule has 0 heterocycles. The zero-order chi connectivity index (χ0) is 13.4. The summed E-state index contributed by atoms with van der Waals surface area (Å²) in [5, 5.41) is 4.46. The molecule has 18 heavy (non-hydrogen) atoms. The summed E-state index contributed by atoms with van der Waals surface area (Å²) in [5.41, 5.74) is 0. The lowest BCUT2D eigenvalue weighted by atomic mass is 10.0. The molecule has 0 bridgehead atoms. The van der Waals surface area contributed by atoms with Crippen molar-refractivity contribution >= 4 is 23.4 Å². The van der Waals surface area contributed by atoms with Gasteiger partial charge in [-0.1, -0.05) is 38.8 Å². The van der Waals surface area contributed by atoms with E-state index in [1.165, 1.54) is 17.7 Å². The van der Waals surface area contributed by atoms with Gasteiger partial charge in [0.25, 0.3) is 0 Å². The monoisotopic (exact) mass is 285 g/mol. The van der Waals surface area contributed by atoms with Crippen molar-refractivity contribution in [1.29, 1.82) is 0 Å². The third-order valence-corrected chi connectivity index (χ3v) is 4.61. The van der Waals surface area contributed by atoms with E-state index in [9.17, 15) is 0 Å². The van der Waals surface area contributed by atoms with Gasteiger partial charge in [0.1, 0.15) is 0 Å². The molecule has 0 spiro atoms. The first-order valence-electron chi connectivity index (χ1n) is 6.79. The van der Waals surface area contributed by atoms with Gasteiger partial charge in [0.2, 0.25) is 0 Å². The number of thioether (sulfide) groups is 1. The topological polar surface area (TPSA) is 12.0 Å². The highest BCUT2D eigenvalue weighted by Gasteiger charge is 2.14. The highest BCUT2D eigenvalue weighted by atomic mass is 35.5. The fourth-order valence-corrected chi connectivity index (χ4v) is 3.03. The molecule has 1 N–H and O–H groups in total. The van der Waals surface area contributed by atoms with E-state index in [2.05, 4.69) is 38.2 Å². The van der Waals surface area contributed by atoms with Crippen LogP contribution in [0, 0.1) is 5.92 Å². The van der Waals surface area contributed by atoms with E-state index >= 15 is 0 Å². The van der Waals surface area contributed by atoms with Gasteiger partial charge in [0.05, 0.1) is 0 Å². The molecule has 1 aromatic rings. The first-order valence-corrected chi connectivity index (χ1v) is 8.15. The fraction of sp³-hybridized carbons (Fsp3) is 0.600. The molecular weight excluding hydrogens is 262 g/mol. The second-order valence-electron chi connectivity index (χ2n) is 4.71. The van der Waals surface area contributed by atoms with Crippen molar-refractivity contribution in [3.8, 4) is 0 Å². The Balaban J connectivity index is 2.47. The molecule has 0 radical (unpaired) electrons. The number of rotatable bonds is 8. The van der Waals surface area contributed by atoms with E-state index in [4.69, 9.17) is 11.6 Å². The van der Waals surface area contributed by atoms with Crippen LogP contribution in [0.4, 0.5) is 0 Å². The van der Waals surface area contributed by atoms with Gasteiger partial charge in [-0.25, -0.2) is 0 Å². The quantitative estimate of drug-likeness (QED) is 0.686. The van der Waals surface area contributed by atoms with Gasteiger partial charge in [-0.05, 0) is 43.1 Å². The lowest BCUT2D eigenvalue weighted by molar-refractivity contribution is 0.397. The fourth-order valence-electron chi connectivity index (χ4n) is 1.76. The first-order chi connectivity index (χ1) is 8.67. The Labute approximate surface area is 121 Å². The molecule has 0 fully saturated rings. The summed E-state index contributed by atoms with van der Waals surface area (Å²) in [6, 6.07) is 8.71. The highest BCUT2D eigenvalue weighted by molar-refractivity contribution is 7.99. The van der Waals surface area contributed by atoms with Crippen LogP contribution in [0.1, 0.15) is 33.6 Å². The van der Waals surface area contributed by atoms with Crippen molar-refractivity contribution in [2.75, 3.05) is 12.3 Å². The molecule has 2 unspecified atom stereocenters. The van der Waals surface area contributed by atoms with Crippen LogP contribution in [0.5, 0.6) is 0 Å². The minimum absolute atomic E-state index is 0.593. The SMILES string of the molecule is CCCNC(CSc1ccc(Cl)cc1)C(C)CC. The Kier molecular flexibility index (Phi) is 7.80. The Morgan fingerprint density at radius 3 is 2.44 bits per heavy atom. The Morgan fingerprint density at radius 1 is 1.22 bits per heavy atom. The number of nitrogens with one attached hydrogen (secondary N) is 1. The molecule has 1 rings (SSSR count). The zero-order valence-electron chi connectivity index (χ0n) is 11.6. The largest absolute Gasteiger partial charge is 0.313 e. The molecule has 102 valence electrons. The summed E-state index contributed by atoms with van der Waals surface area (Å²) in [6.45, 7) is 7.91. The second-order valence-corrected chi connectivity index (χ2v) is 6.24. The lowest BCUT2D eigenvalue weighted by Gasteiger charge is -2.24. The molecule has 0 saturated heterocycles. The van der Waals surface area contributed by atoms with Gasteiger partial charge in [0.15, 0.2) is 0 Å². The molecule has 0 aliphatic rings. The van der Waals surface area contributed by atoms with E-state index in [0.29, 0.717) is 6.04 Å². The molecule has 2 atom stereocenters. The predicted molar refractivity (Wildman–Crippen MR) is 83.7 cm³/mol. The van der Waals surface area contributed by atoms with Crippen molar-refractivity contribution in [1.82, 2.24) is 5.32 Å². The number of benzene rings is 1. The number of hydrogen-bond acceptors (Lipinski definition) is 2. The number of hydrogen-bond donors (Lipinski definition) is 1. The summed E-state index contributed by atoms with van der Waals surface area (Å²) in [6.07, 6.45) is 2.42. The van der Waals surface area contributed by atoms with Gasteiger partial charge < -0.3 is 5.32 Å². The van der Waals surface area contributed by atoms with E-state index in [1.54, 1.807) is 0 Å². The molecule has 0 aromatic heterocycles. The van der Waals surface area contributed by atoms with Crippen LogP contribution in [-0.2, 0) is 0 Å². The molecule has 0 aliphatic carbocycles. The van der Waals surface area contributed by atoms with E-state index in [-0.39, 0.29) is 0 Å². The number of halogens is 1. The minimum Gasteiger partial charge on any atom is -0.313 e. The van der Waals surface area contributed by atoms with E-state index in [1.807, 2.05) is 23.9 Å². The Hall–Kier alpha value is -0.180. The van der Waals surface area contributed by atoms with Crippen molar-refractivity contribution in [2.45, 2.75) is 44.6 Å². The van der Waals surface area contributed by atoms with E-state index in [0.717, 1.165) is 23.2 Å². The van der Waals surface area contributed by atoms with Crippen LogP contribution in [0.25, 0.3) is 0 Å². The second kappa shape index (κ2) is 8.84. The van der Waals surface area contributed by atoms with Crippen LogP contribution < -0.4 is 5.32 Å². The normalized spacial score (nSPS) is 14.4. The molecule has 0 amide bonds. The Morgan fingerprint density at radius 2 is 1.89 bits per heavy atom. The molecule has 1 nitrogen and oxygen atoms in total. The maximum absolute atomic E-state index is 5.89. The lowest BCUT2D eigenvalue weighted by Crippen LogP contribution is -2.37. The van der Waals surface area contributed by atoms with Crippen LogP contribution in [0.15, 0.2) is 29.2 Å². The third-order valence-electron chi connectivity index (χ3n) is 3.23. The predicted octanol–water partition coefficient (Wildman–Crippen LogP) is 4.85. The third kappa shape index (κ3) is 5.64. The minimum atomic E-state index is 0.593. The van der Waals surface area contributed by atoms with Gasteiger partial charge >= 0.3 is 0 Å². The average Bonchev–Trinajstić information content (AvgIpc) is 2.40. The molecule has 0 aliphatic heterocycles. The summed E-state index contributed by atoms with van der Waals surface area (Å²) >= 11 is 7.80. The maximum atomic E-state index is 5.89. The maximum Gasteiger partial charge on any atom is 0.0406 e. The zero-order valence-corrected chi connectivity index (χ0v) is 13.2. The molecular formula is C15H24ClNS. The average molecular weight is 286 g/mol.